The summed E-state index contributed by atoms with van der Waals surface area (Å²) >= 11 is 8.81. The maximum Gasteiger partial charge on any atom is 0.170 e. The van der Waals surface area contributed by atoms with Crippen LogP contribution in [0.1, 0.15) is 15.9 Å². The summed E-state index contributed by atoms with van der Waals surface area (Å²) in [7, 11) is 0. The summed E-state index contributed by atoms with van der Waals surface area (Å²) in [6.07, 6.45) is -0.0344. The van der Waals surface area contributed by atoms with Crippen LogP contribution in [0.15, 0.2) is 40.9 Å². The molecule has 0 heterocycles. The van der Waals surface area contributed by atoms with Crippen molar-refractivity contribution in [2.45, 2.75) is 6.42 Å². The maximum atomic E-state index is 13.5. The molecule has 0 saturated carbocycles. The third kappa shape index (κ3) is 3.39. The van der Waals surface area contributed by atoms with Crippen LogP contribution in [0.5, 0.6) is 0 Å². The van der Waals surface area contributed by atoms with E-state index in [4.69, 9.17) is 11.6 Å². The zero-order valence-corrected chi connectivity index (χ0v) is 11.9. The van der Waals surface area contributed by atoms with Gasteiger partial charge in [0.25, 0.3) is 0 Å². The second-order valence-electron chi connectivity index (χ2n) is 3.97. The first kappa shape index (κ1) is 14.2. The second kappa shape index (κ2) is 5.80. The van der Waals surface area contributed by atoms with E-state index in [1.807, 2.05) is 0 Å². The van der Waals surface area contributed by atoms with Crippen LogP contribution < -0.4 is 0 Å². The fourth-order valence-corrected chi connectivity index (χ4v) is 2.21. The Kier molecular flexibility index (Phi) is 4.32. The fraction of sp³-hybridized carbons (Fsp3) is 0.0714. The molecule has 0 amide bonds. The first-order chi connectivity index (χ1) is 8.97. The van der Waals surface area contributed by atoms with Crippen LogP contribution in [0, 0.1) is 11.6 Å². The van der Waals surface area contributed by atoms with Gasteiger partial charge in [0.15, 0.2) is 5.78 Å². The Morgan fingerprint density at radius 3 is 2.47 bits per heavy atom. The molecule has 5 heteroatoms. The molecule has 0 atom stereocenters. The third-order valence-electron chi connectivity index (χ3n) is 2.58. The summed E-state index contributed by atoms with van der Waals surface area (Å²) in [6, 6.07) is 8.15. The minimum Gasteiger partial charge on any atom is -0.294 e. The first-order valence-corrected chi connectivity index (χ1v) is 6.56. The Morgan fingerprint density at radius 1 is 1.11 bits per heavy atom. The van der Waals surface area contributed by atoms with Crippen molar-refractivity contribution in [2.24, 2.45) is 0 Å². The number of benzene rings is 2. The van der Waals surface area contributed by atoms with Crippen LogP contribution in [0.2, 0.25) is 5.02 Å². The average molecular weight is 346 g/mol. The van der Waals surface area contributed by atoms with Gasteiger partial charge < -0.3 is 0 Å². The molecule has 2 aromatic rings. The summed E-state index contributed by atoms with van der Waals surface area (Å²) in [6.45, 7) is 0. The van der Waals surface area contributed by atoms with E-state index in [2.05, 4.69) is 15.9 Å². The van der Waals surface area contributed by atoms with Gasteiger partial charge in [0.1, 0.15) is 11.6 Å². The minimum atomic E-state index is -0.582. The molecule has 2 aromatic carbocycles. The molecule has 19 heavy (non-hydrogen) atoms. The summed E-state index contributed by atoms with van der Waals surface area (Å²) in [5, 5.41) is -0.0555. The van der Waals surface area contributed by atoms with Gasteiger partial charge in [-0.15, -0.1) is 0 Å². The van der Waals surface area contributed by atoms with Crippen LogP contribution in [0.25, 0.3) is 0 Å². The standard InChI is InChI=1S/C14H8BrClF2O/c15-9-2-4-12(17)10(7-9)14(19)6-8-1-3-13(18)11(16)5-8/h1-5,7H,6H2. The Hall–Kier alpha value is -1.26. The van der Waals surface area contributed by atoms with Gasteiger partial charge in [0.2, 0.25) is 0 Å². The lowest BCUT2D eigenvalue weighted by Gasteiger charge is -2.04. The Morgan fingerprint density at radius 2 is 1.79 bits per heavy atom. The van der Waals surface area contributed by atoms with Crippen LogP contribution in [-0.4, -0.2) is 5.78 Å². The molecule has 0 saturated heterocycles. The van der Waals surface area contributed by atoms with Gasteiger partial charge >= 0.3 is 0 Å². The molecule has 98 valence electrons. The lowest BCUT2D eigenvalue weighted by atomic mass is 10.0. The number of ketones is 1. The number of hydrogen-bond acceptors (Lipinski definition) is 1. The highest BCUT2D eigenvalue weighted by Crippen LogP contribution is 2.20. The molecule has 0 N–H and O–H groups in total. The topological polar surface area (TPSA) is 17.1 Å². The monoisotopic (exact) mass is 344 g/mol. The first-order valence-electron chi connectivity index (χ1n) is 5.39. The van der Waals surface area contributed by atoms with Gasteiger partial charge in [-0.25, -0.2) is 8.78 Å². The number of carbonyl (C=O) groups is 1. The molecule has 1 nitrogen and oxygen atoms in total. The van der Waals surface area contributed by atoms with Crippen LogP contribution in [0.3, 0.4) is 0 Å². The zero-order chi connectivity index (χ0) is 14.0. The second-order valence-corrected chi connectivity index (χ2v) is 5.30. The average Bonchev–Trinajstić information content (AvgIpc) is 2.36. The van der Waals surface area contributed by atoms with E-state index >= 15 is 0 Å². The highest BCUT2D eigenvalue weighted by molar-refractivity contribution is 9.10. The lowest BCUT2D eigenvalue weighted by Crippen LogP contribution is -2.06. The Bertz CT molecular complexity index is 643. The molecule has 0 aliphatic heterocycles. The number of halogens is 4. The van der Waals surface area contributed by atoms with Crippen LogP contribution in [0.4, 0.5) is 8.78 Å². The predicted molar refractivity (Wildman–Crippen MR) is 73.5 cm³/mol. The lowest BCUT2D eigenvalue weighted by molar-refractivity contribution is 0.0989. The summed E-state index contributed by atoms with van der Waals surface area (Å²) in [5.41, 5.74) is 0.533. The molecule has 0 fully saturated rings. The molecule has 0 aromatic heterocycles. The van der Waals surface area contributed by atoms with E-state index in [1.165, 1.54) is 36.4 Å². The van der Waals surface area contributed by atoms with Crippen molar-refractivity contribution in [3.05, 3.63) is 68.7 Å². The van der Waals surface area contributed by atoms with Gasteiger partial charge in [0, 0.05) is 10.9 Å². The largest absolute Gasteiger partial charge is 0.294 e. The normalized spacial score (nSPS) is 10.5. The quantitative estimate of drug-likeness (QED) is 0.730. The van der Waals surface area contributed by atoms with Gasteiger partial charge in [0.05, 0.1) is 10.6 Å². The molecular weight excluding hydrogens is 338 g/mol. The van der Waals surface area contributed by atoms with E-state index in [1.54, 1.807) is 0 Å². The van der Waals surface area contributed by atoms with E-state index in [0.29, 0.717) is 10.0 Å². The number of carbonyl (C=O) groups excluding carboxylic acids is 1. The SMILES string of the molecule is O=C(Cc1ccc(F)c(Cl)c1)c1cc(Br)ccc1F. The Labute approximate surface area is 122 Å². The molecular formula is C14H8BrClF2O. The van der Waals surface area contributed by atoms with Crippen molar-refractivity contribution in [3.8, 4) is 0 Å². The minimum absolute atomic E-state index is 0.00479. The van der Waals surface area contributed by atoms with E-state index < -0.39 is 11.6 Å². The van der Waals surface area contributed by atoms with Gasteiger partial charge in [-0.1, -0.05) is 33.6 Å². The Balaban J connectivity index is 2.25. The summed E-state index contributed by atoms with van der Waals surface area (Å²) in [4.78, 5) is 12.0. The predicted octanol–water partition coefficient (Wildman–Crippen LogP) is 4.81. The fourth-order valence-electron chi connectivity index (χ4n) is 1.64. The van der Waals surface area contributed by atoms with Crippen molar-refractivity contribution in [1.82, 2.24) is 0 Å². The zero-order valence-electron chi connectivity index (χ0n) is 9.59. The van der Waals surface area contributed by atoms with Crippen molar-refractivity contribution in [3.63, 3.8) is 0 Å². The molecule has 2 rings (SSSR count). The molecule has 0 unspecified atom stereocenters. The third-order valence-corrected chi connectivity index (χ3v) is 3.36. The van der Waals surface area contributed by atoms with Crippen molar-refractivity contribution in [1.29, 1.82) is 0 Å². The number of hydrogen-bond donors (Lipinski definition) is 0. The van der Waals surface area contributed by atoms with E-state index in [-0.39, 0.29) is 22.8 Å². The highest BCUT2D eigenvalue weighted by Gasteiger charge is 2.13. The smallest absolute Gasteiger partial charge is 0.170 e. The van der Waals surface area contributed by atoms with Gasteiger partial charge in [-0.05, 0) is 35.9 Å². The summed E-state index contributed by atoms with van der Waals surface area (Å²) < 4.78 is 27.2. The van der Waals surface area contributed by atoms with Gasteiger partial charge in [-0.3, -0.25) is 4.79 Å². The molecule has 0 spiro atoms. The molecule has 0 aliphatic carbocycles. The van der Waals surface area contributed by atoms with Crippen LogP contribution >= 0.6 is 27.5 Å². The number of rotatable bonds is 3. The van der Waals surface area contributed by atoms with Crippen molar-refractivity contribution in [2.75, 3.05) is 0 Å². The maximum absolute atomic E-state index is 13.5. The van der Waals surface area contributed by atoms with Crippen molar-refractivity contribution >= 4 is 33.3 Å². The highest BCUT2D eigenvalue weighted by atomic mass is 79.9. The number of Topliss-reactive ketones (excluding diaryl/α,β-unsaturated/α-hetero) is 1. The van der Waals surface area contributed by atoms with Gasteiger partial charge in [-0.2, -0.15) is 0 Å². The molecule has 0 bridgehead atoms. The van der Waals surface area contributed by atoms with E-state index in [9.17, 15) is 13.6 Å². The molecule has 0 aliphatic rings. The van der Waals surface area contributed by atoms with Crippen LogP contribution in [-0.2, 0) is 6.42 Å². The van der Waals surface area contributed by atoms with E-state index in [0.717, 1.165) is 0 Å². The molecule has 0 radical (unpaired) electrons. The summed E-state index contributed by atoms with van der Waals surface area (Å²) in [5.74, 6) is -1.52. The van der Waals surface area contributed by atoms with Crippen molar-refractivity contribution < 1.29 is 13.6 Å².